The van der Waals surface area contributed by atoms with Crippen LogP contribution in [0.2, 0.25) is 0 Å². The number of nitrogen functional groups attached to an aromatic ring is 1. The van der Waals surface area contributed by atoms with Crippen molar-refractivity contribution in [3.05, 3.63) is 23.8 Å². The van der Waals surface area contributed by atoms with E-state index in [-0.39, 0.29) is 0 Å². The minimum atomic E-state index is 0.630. The summed E-state index contributed by atoms with van der Waals surface area (Å²) in [6, 6.07) is 5.63. The standard InChI is InChI=1S/C10H14N2O/c1-3-13-10-5-4-8(7-12-2)6-9(10)11/h4-7H,3,11H2,1-2H3/b12-7-. The van der Waals surface area contributed by atoms with E-state index >= 15 is 0 Å². The summed E-state index contributed by atoms with van der Waals surface area (Å²) in [4.78, 5) is 3.90. The number of nitrogens with two attached hydrogens (primary N) is 1. The second-order valence-electron chi connectivity index (χ2n) is 2.62. The van der Waals surface area contributed by atoms with Gasteiger partial charge in [-0.2, -0.15) is 0 Å². The Morgan fingerprint density at radius 1 is 1.54 bits per heavy atom. The first-order chi connectivity index (χ1) is 6.27. The van der Waals surface area contributed by atoms with E-state index in [0.717, 1.165) is 11.3 Å². The van der Waals surface area contributed by atoms with Gasteiger partial charge >= 0.3 is 0 Å². The Morgan fingerprint density at radius 2 is 2.31 bits per heavy atom. The molecule has 0 radical (unpaired) electrons. The molecule has 0 aliphatic heterocycles. The van der Waals surface area contributed by atoms with Gasteiger partial charge in [-0.25, -0.2) is 0 Å². The van der Waals surface area contributed by atoms with Gasteiger partial charge in [0.2, 0.25) is 0 Å². The Morgan fingerprint density at radius 3 is 2.85 bits per heavy atom. The second-order valence-corrected chi connectivity index (χ2v) is 2.62. The van der Waals surface area contributed by atoms with Crippen LogP contribution in [0.4, 0.5) is 5.69 Å². The third-order valence-corrected chi connectivity index (χ3v) is 1.61. The zero-order valence-electron chi connectivity index (χ0n) is 7.95. The fourth-order valence-electron chi connectivity index (χ4n) is 1.08. The Balaban J connectivity index is 2.91. The molecule has 1 aromatic carbocycles. The highest BCUT2D eigenvalue weighted by molar-refractivity contribution is 5.82. The molecule has 3 nitrogen and oxygen atoms in total. The van der Waals surface area contributed by atoms with Gasteiger partial charge in [-0.1, -0.05) is 0 Å². The molecule has 0 heterocycles. The summed E-state index contributed by atoms with van der Waals surface area (Å²) in [6.45, 7) is 2.56. The number of nitrogens with zero attached hydrogens (tertiary/aromatic N) is 1. The molecule has 0 atom stereocenters. The van der Waals surface area contributed by atoms with Gasteiger partial charge in [0.15, 0.2) is 0 Å². The van der Waals surface area contributed by atoms with Crippen molar-refractivity contribution in [1.82, 2.24) is 0 Å². The van der Waals surface area contributed by atoms with E-state index < -0.39 is 0 Å². The Kier molecular flexibility index (Phi) is 3.31. The molecule has 1 aromatic rings. The molecule has 3 heteroatoms. The number of ether oxygens (including phenoxy) is 1. The first kappa shape index (κ1) is 9.58. The number of hydrogen-bond acceptors (Lipinski definition) is 3. The first-order valence-corrected chi connectivity index (χ1v) is 4.22. The SMILES string of the molecule is CCOc1ccc(/C=N\C)cc1N. The third kappa shape index (κ3) is 2.47. The molecule has 0 saturated carbocycles. The van der Waals surface area contributed by atoms with E-state index in [9.17, 15) is 0 Å². The van der Waals surface area contributed by atoms with Gasteiger partial charge in [-0.15, -0.1) is 0 Å². The molecule has 70 valence electrons. The molecule has 13 heavy (non-hydrogen) atoms. The van der Waals surface area contributed by atoms with Gasteiger partial charge in [0, 0.05) is 13.3 Å². The van der Waals surface area contributed by atoms with Crippen molar-refractivity contribution in [1.29, 1.82) is 0 Å². The summed E-state index contributed by atoms with van der Waals surface area (Å²) >= 11 is 0. The second kappa shape index (κ2) is 4.50. The molecule has 0 amide bonds. The fourth-order valence-corrected chi connectivity index (χ4v) is 1.08. The smallest absolute Gasteiger partial charge is 0.142 e. The predicted molar refractivity (Wildman–Crippen MR) is 55.5 cm³/mol. The summed E-state index contributed by atoms with van der Waals surface area (Å²) in [7, 11) is 1.73. The van der Waals surface area contributed by atoms with Gasteiger partial charge in [0.05, 0.1) is 12.3 Å². The summed E-state index contributed by atoms with van der Waals surface area (Å²) in [6.07, 6.45) is 1.76. The average molecular weight is 178 g/mol. The van der Waals surface area contributed by atoms with Crippen LogP contribution in [0.25, 0.3) is 0 Å². The quantitative estimate of drug-likeness (QED) is 0.566. The lowest BCUT2D eigenvalue weighted by atomic mass is 10.2. The zero-order valence-corrected chi connectivity index (χ0v) is 7.95. The topological polar surface area (TPSA) is 47.6 Å². The molecule has 2 N–H and O–H groups in total. The maximum atomic E-state index is 5.75. The van der Waals surface area contributed by atoms with Crippen molar-refractivity contribution in [2.24, 2.45) is 4.99 Å². The number of anilines is 1. The van der Waals surface area contributed by atoms with Crippen molar-refractivity contribution in [3.8, 4) is 5.75 Å². The fraction of sp³-hybridized carbons (Fsp3) is 0.300. The van der Waals surface area contributed by atoms with Crippen LogP contribution in [-0.2, 0) is 0 Å². The van der Waals surface area contributed by atoms with E-state index in [1.807, 2.05) is 25.1 Å². The molecule has 0 aliphatic carbocycles. The van der Waals surface area contributed by atoms with Crippen LogP contribution >= 0.6 is 0 Å². The Labute approximate surface area is 78.2 Å². The van der Waals surface area contributed by atoms with Crippen molar-refractivity contribution in [3.63, 3.8) is 0 Å². The van der Waals surface area contributed by atoms with Crippen LogP contribution in [0.5, 0.6) is 5.75 Å². The Bertz CT molecular complexity index is 308. The highest BCUT2D eigenvalue weighted by atomic mass is 16.5. The van der Waals surface area contributed by atoms with Gasteiger partial charge in [0.25, 0.3) is 0 Å². The molecule has 0 spiro atoms. The molecule has 0 bridgehead atoms. The molecule has 0 aliphatic rings. The van der Waals surface area contributed by atoms with E-state index in [1.165, 1.54) is 0 Å². The van der Waals surface area contributed by atoms with Crippen LogP contribution < -0.4 is 10.5 Å². The van der Waals surface area contributed by atoms with Crippen molar-refractivity contribution >= 4 is 11.9 Å². The van der Waals surface area contributed by atoms with Gasteiger partial charge in [-0.3, -0.25) is 4.99 Å². The summed E-state index contributed by atoms with van der Waals surface area (Å²) < 4.78 is 5.30. The molecule has 0 saturated heterocycles. The zero-order chi connectivity index (χ0) is 9.68. The van der Waals surface area contributed by atoms with E-state index in [2.05, 4.69) is 4.99 Å². The van der Waals surface area contributed by atoms with Crippen molar-refractivity contribution < 1.29 is 4.74 Å². The molecule has 0 fully saturated rings. The lowest BCUT2D eigenvalue weighted by Crippen LogP contribution is -1.97. The molecule has 0 aromatic heterocycles. The molecular weight excluding hydrogens is 164 g/mol. The molecule has 1 rings (SSSR count). The average Bonchev–Trinajstić information content (AvgIpc) is 2.10. The minimum absolute atomic E-state index is 0.630. The van der Waals surface area contributed by atoms with Crippen molar-refractivity contribution in [2.45, 2.75) is 6.92 Å². The highest BCUT2D eigenvalue weighted by Gasteiger charge is 1.98. The Hall–Kier alpha value is -1.51. The highest BCUT2D eigenvalue weighted by Crippen LogP contribution is 2.21. The maximum absolute atomic E-state index is 5.75. The number of hydrogen-bond donors (Lipinski definition) is 1. The maximum Gasteiger partial charge on any atom is 0.142 e. The minimum Gasteiger partial charge on any atom is -0.492 e. The van der Waals surface area contributed by atoms with Crippen LogP contribution in [0.15, 0.2) is 23.2 Å². The largest absolute Gasteiger partial charge is 0.492 e. The van der Waals surface area contributed by atoms with Crippen LogP contribution in [0, 0.1) is 0 Å². The summed E-state index contributed by atoms with van der Waals surface area (Å²) in [5, 5.41) is 0. The predicted octanol–water partition coefficient (Wildman–Crippen LogP) is 1.72. The monoisotopic (exact) mass is 178 g/mol. The van der Waals surface area contributed by atoms with Crippen LogP contribution in [0.3, 0.4) is 0 Å². The van der Waals surface area contributed by atoms with E-state index in [4.69, 9.17) is 10.5 Å². The third-order valence-electron chi connectivity index (χ3n) is 1.61. The van der Waals surface area contributed by atoms with Crippen LogP contribution in [0.1, 0.15) is 12.5 Å². The van der Waals surface area contributed by atoms with Gasteiger partial charge in [0.1, 0.15) is 5.75 Å². The van der Waals surface area contributed by atoms with Crippen molar-refractivity contribution in [2.75, 3.05) is 19.4 Å². The number of rotatable bonds is 3. The first-order valence-electron chi connectivity index (χ1n) is 4.22. The number of aliphatic imine (C=N–C) groups is 1. The van der Waals surface area contributed by atoms with E-state index in [0.29, 0.717) is 12.3 Å². The number of benzene rings is 1. The van der Waals surface area contributed by atoms with Gasteiger partial charge < -0.3 is 10.5 Å². The molecule has 0 unspecified atom stereocenters. The van der Waals surface area contributed by atoms with E-state index in [1.54, 1.807) is 13.3 Å². The normalized spacial score (nSPS) is 10.6. The molecular formula is C10H14N2O. The summed E-state index contributed by atoms with van der Waals surface area (Å²) in [5.41, 5.74) is 7.39. The van der Waals surface area contributed by atoms with Gasteiger partial charge in [-0.05, 0) is 30.7 Å². The lowest BCUT2D eigenvalue weighted by Gasteiger charge is -2.06. The lowest BCUT2D eigenvalue weighted by molar-refractivity contribution is 0.342. The summed E-state index contributed by atoms with van der Waals surface area (Å²) in [5.74, 6) is 0.732. The van der Waals surface area contributed by atoms with Crippen LogP contribution in [-0.4, -0.2) is 19.9 Å².